The lowest BCUT2D eigenvalue weighted by molar-refractivity contribution is -0.131. The predicted molar refractivity (Wildman–Crippen MR) is 49.7 cm³/mol. The predicted octanol–water partition coefficient (Wildman–Crippen LogP) is 0.966. The summed E-state index contributed by atoms with van der Waals surface area (Å²) in [5, 5.41) is 14.9. The lowest BCUT2D eigenvalue weighted by atomic mass is 10.2. The van der Waals surface area contributed by atoms with Gasteiger partial charge in [-0.25, -0.2) is 4.79 Å². The van der Waals surface area contributed by atoms with Crippen LogP contribution in [0.1, 0.15) is 12.7 Å². The van der Waals surface area contributed by atoms with Crippen LogP contribution >= 0.6 is 12.2 Å². The number of aromatic nitrogens is 3. The molecule has 0 atom stereocenters. The van der Waals surface area contributed by atoms with Crippen LogP contribution in [0.4, 0.5) is 0 Å². The third kappa shape index (κ3) is 2.03. The first-order valence-electron chi connectivity index (χ1n) is 3.55. The minimum Gasteiger partial charge on any atom is -0.478 e. The summed E-state index contributed by atoms with van der Waals surface area (Å²) in [6.07, 6.45) is 1.09. The molecule has 0 aliphatic rings. The summed E-state index contributed by atoms with van der Waals surface area (Å²) in [5.41, 5.74) is 0.558. The van der Waals surface area contributed by atoms with Crippen LogP contribution in [0.2, 0.25) is 0 Å². The fourth-order valence-electron chi connectivity index (χ4n) is 0.949. The number of nitrogens with one attached hydrogen (secondary N) is 1. The molecule has 0 spiro atoms. The minimum absolute atomic E-state index is 0.466. The van der Waals surface area contributed by atoms with E-state index in [9.17, 15) is 4.79 Å². The Kier molecular flexibility index (Phi) is 2.62. The van der Waals surface area contributed by atoms with E-state index in [0.29, 0.717) is 16.2 Å². The van der Waals surface area contributed by atoms with Crippen molar-refractivity contribution in [2.75, 3.05) is 0 Å². The van der Waals surface area contributed by atoms with Crippen LogP contribution in [0.15, 0.2) is 6.08 Å². The molecule has 0 amide bonds. The number of carbonyl (C=O) groups is 1. The summed E-state index contributed by atoms with van der Waals surface area (Å²) >= 11 is 4.88. The normalized spacial score (nSPS) is 11.7. The molecule has 5 nitrogen and oxygen atoms in total. The fourth-order valence-corrected chi connectivity index (χ4v) is 1.08. The average Bonchev–Trinajstić information content (AvgIpc) is 2.31. The van der Waals surface area contributed by atoms with Crippen LogP contribution in [0, 0.1) is 4.77 Å². The second-order valence-corrected chi connectivity index (χ2v) is 2.96. The Morgan fingerprint density at radius 1 is 1.77 bits per heavy atom. The van der Waals surface area contributed by atoms with Crippen LogP contribution in [0.5, 0.6) is 0 Å². The number of H-pyrrole nitrogens is 1. The standard InChI is InChI=1S/C7H9N3O2S/c1-4(3-5(11)12)6-8-9-7(13)10(6)2/h3H,1-2H3,(H,9,13)(H,11,12)/b4-3-. The smallest absolute Gasteiger partial charge is 0.328 e. The number of carboxylic acids is 1. The van der Waals surface area contributed by atoms with Gasteiger partial charge < -0.3 is 9.67 Å². The number of allylic oxidation sites excluding steroid dienone is 1. The summed E-state index contributed by atoms with van der Waals surface area (Å²) < 4.78 is 2.08. The van der Waals surface area contributed by atoms with Gasteiger partial charge in [-0.15, -0.1) is 0 Å². The molecule has 6 heteroatoms. The van der Waals surface area contributed by atoms with Crippen LogP contribution < -0.4 is 0 Å². The molecule has 1 heterocycles. The van der Waals surface area contributed by atoms with Crippen molar-refractivity contribution in [2.45, 2.75) is 6.92 Å². The number of nitrogens with zero attached hydrogens (tertiary/aromatic N) is 2. The Labute approximate surface area is 79.7 Å². The summed E-state index contributed by atoms with van der Waals surface area (Å²) in [6, 6.07) is 0. The lowest BCUT2D eigenvalue weighted by Gasteiger charge is -1.97. The molecule has 0 fully saturated rings. The zero-order chi connectivity index (χ0) is 10.0. The lowest BCUT2D eigenvalue weighted by Crippen LogP contribution is -1.97. The number of hydrogen-bond acceptors (Lipinski definition) is 3. The molecular formula is C7H9N3O2S. The Morgan fingerprint density at radius 2 is 2.38 bits per heavy atom. The van der Waals surface area contributed by atoms with Crippen LogP contribution in [-0.2, 0) is 11.8 Å². The molecule has 0 saturated heterocycles. The fraction of sp³-hybridized carbons (Fsp3) is 0.286. The van der Waals surface area contributed by atoms with E-state index in [1.165, 1.54) is 0 Å². The molecule has 70 valence electrons. The summed E-state index contributed by atoms with van der Waals surface area (Å²) in [5.74, 6) is -0.459. The van der Waals surface area contributed by atoms with Crippen molar-refractivity contribution in [1.29, 1.82) is 0 Å². The molecule has 0 unspecified atom stereocenters. The third-order valence-corrected chi connectivity index (χ3v) is 1.94. The maximum Gasteiger partial charge on any atom is 0.328 e. The van der Waals surface area contributed by atoms with Gasteiger partial charge in [-0.1, -0.05) is 0 Å². The van der Waals surface area contributed by atoms with Gasteiger partial charge in [-0.05, 0) is 19.1 Å². The highest BCUT2D eigenvalue weighted by Gasteiger charge is 2.05. The third-order valence-electron chi connectivity index (χ3n) is 1.57. The van der Waals surface area contributed by atoms with E-state index < -0.39 is 5.97 Å². The molecular weight excluding hydrogens is 190 g/mol. The van der Waals surface area contributed by atoms with Crippen molar-refractivity contribution in [3.63, 3.8) is 0 Å². The Balaban J connectivity index is 3.16. The van der Waals surface area contributed by atoms with Crippen molar-refractivity contribution in [3.05, 3.63) is 16.7 Å². The second kappa shape index (κ2) is 3.53. The highest BCUT2D eigenvalue weighted by Crippen LogP contribution is 2.08. The van der Waals surface area contributed by atoms with Crippen molar-refractivity contribution in [1.82, 2.24) is 14.8 Å². The first kappa shape index (κ1) is 9.66. The average molecular weight is 199 g/mol. The number of carboxylic acid groups (broad SMARTS) is 1. The monoisotopic (exact) mass is 199 g/mol. The quantitative estimate of drug-likeness (QED) is 0.550. The van der Waals surface area contributed by atoms with E-state index in [4.69, 9.17) is 17.3 Å². The van der Waals surface area contributed by atoms with Crippen LogP contribution in [-0.4, -0.2) is 25.8 Å². The van der Waals surface area contributed by atoms with E-state index in [2.05, 4.69) is 10.2 Å². The van der Waals surface area contributed by atoms with Gasteiger partial charge in [0.2, 0.25) is 0 Å². The largest absolute Gasteiger partial charge is 0.478 e. The zero-order valence-corrected chi connectivity index (χ0v) is 8.05. The minimum atomic E-state index is -0.994. The van der Waals surface area contributed by atoms with Gasteiger partial charge in [-0.3, -0.25) is 5.10 Å². The molecule has 1 aromatic rings. The summed E-state index contributed by atoms with van der Waals surface area (Å²) in [4.78, 5) is 10.4. The molecule has 2 N–H and O–H groups in total. The Bertz CT molecular complexity index is 416. The van der Waals surface area contributed by atoms with Crippen LogP contribution in [0.25, 0.3) is 5.57 Å². The van der Waals surface area contributed by atoms with Gasteiger partial charge >= 0.3 is 5.97 Å². The Hall–Kier alpha value is -1.43. The molecule has 0 radical (unpaired) electrons. The molecule has 0 saturated carbocycles. The van der Waals surface area contributed by atoms with Gasteiger partial charge in [0, 0.05) is 18.7 Å². The maximum atomic E-state index is 10.4. The van der Waals surface area contributed by atoms with E-state index in [-0.39, 0.29) is 0 Å². The van der Waals surface area contributed by atoms with Crippen molar-refractivity contribution >= 4 is 23.8 Å². The van der Waals surface area contributed by atoms with E-state index >= 15 is 0 Å². The van der Waals surface area contributed by atoms with Crippen LogP contribution in [0.3, 0.4) is 0 Å². The first-order valence-corrected chi connectivity index (χ1v) is 3.96. The second-order valence-electron chi connectivity index (χ2n) is 2.58. The Morgan fingerprint density at radius 3 is 2.77 bits per heavy atom. The zero-order valence-electron chi connectivity index (χ0n) is 7.24. The van der Waals surface area contributed by atoms with Gasteiger partial charge in [0.05, 0.1) is 0 Å². The topological polar surface area (TPSA) is 70.9 Å². The number of hydrogen-bond donors (Lipinski definition) is 2. The van der Waals surface area contributed by atoms with Gasteiger partial charge in [0.25, 0.3) is 0 Å². The van der Waals surface area contributed by atoms with Crippen molar-refractivity contribution in [2.24, 2.45) is 7.05 Å². The highest BCUT2D eigenvalue weighted by atomic mass is 32.1. The molecule has 0 bridgehead atoms. The molecule has 0 aromatic carbocycles. The number of rotatable bonds is 2. The van der Waals surface area contributed by atoms with E-state index in [1.807, 2.05) is 0 Å². The number of aromatic amines is 1. The maximum absolute atomic E-state index is 10.4. The SMILES string of the molecule is C/C(=C/C(=O)O)c1n[nH]c(=S)n1C. The highest BCUT2D eigenvalue weighted by molar-refractivity contribution is 7.71. The molecule has 13 heavy (non-hydrogen) atoms. The van der Waals surface area contributed by atoms with Gasteiger partial charge in [0.15, 0.2) is 10.6 Å². The number of aliphatic carboxylic acids is 1. The van der Waals surface area contributed by atoms with Crippen molar-refractivity contribution in [3.8, 4) is 0 Å². The molecule has 0 aliphatic carbocycles. The van der Waals surface area contributed by atoms with Gasteiger partial charge in [-0.2, -0.15) is 5.10 Å². The van der Waals surface area contributed by atoms with E-state index in [0.717, 1.165) is 6.08 Å². The first-order chi connectivity index (χ1) is 6.02. The molecule has 0 aliphatic heterocycles. The summed E-state index contributed by atoms with van der Waals surface area (Å²) in [7, 11) is 1.72. The molecule has 1 aromatic heterocycles. The van der Waals surface area contributed by atoms with Gasteiger partial charge in [0.1, 0.15) is 0 Å². The summed E-state index contributed by atoms with van der Waals surface area (Å²) in [6.45, 7) is 1.67. The van der Waals surface area contributed by atoms with Crippen molar-refractivity contribution < 1.29 is 9.90 Å². The molecule has 1 rings (SSSR count). The van der Waals surface area contributed by atoms with E-state index in [1.54, 1.807) is 18.5 Å².